The van der Waals surface area contributed by atoms with E-state index in [9.17, 15) is 33.6 Å². The Bertz CT molecular complexity index is 1960. The maximum absolute atomic E-state index is 14.0. The van der Waals surface area contributed by atoms with Crippen molar-refractivity contribution in [1.82, 2.24) is 26.2 Å². The summed E-state index contributed by atoms with van der Waals surface area (Å²) in [5.41, 5.74) is 10.9. The number of anilines is 2. The number of azide groups is 1. The second kappa shape index (κ2) is 29.2. The molecule has 1 saturated heterocycles. The van der Waals surface area contributed by atoms with E-state index in [1.54, 1.807) is 44.2 Å². The second-order valence-corrected chi connectivity index (χ2v) is 16.5. The Morgan fingerprint density at radius 1 is 0.833 bits per heavy atom. The van der Waals surface area contributed by atoms with E-state index in [1.165, 1.54) is 4.90 Å². The molecule has 2 aromatic carbocycles. The number of amides is 7. The first kappa shape index (κ1) is 53.9. The van der Waals surface area contributed by atoms with Crippen molar-refractivity contribution < 1.29 is 52.6 Å². The van der Waals surface area contributed by atoms with E-state index in [0.717, 1.165) is 12.7 Å². The molecule has 21 heteroatoms. The molecule has 1 fully saturated rings. The summed E-state index contributed by atoms with van der Waals surface area (Å²) < 4.78 is 15.6. The highest BCUT2D eigenvalue weighted by Gasteiger charge is 2.40. The predicted molar refractivity (Wildman–Crippen MR) is 244 cm³/mol. The molecule has 0 spiro atoms. The summed E-state index contributed by atoms with van der Waals surface area (Å²) >= 11 is 0. The van der Waals surface area contributed by atoms with Gasteiger partial charge in [0.05, 0.1) is 39.8 Å². The fraction of sp³-hybridized carbons (Fsp3) is 0.578. The number of benzene rings is 2. The van der Waals surface area contributed by atoms with Crippen LogP contribution in [-0.2, 0) is 54.2 Å². The number of ether oxygens (including phenoxy) is 3. The van der Waals surface area contributed by atoms with Gasteiger partial charge in [-0.15, -0.1) is 0 Å². The van der Waals surface area contributed by atoms with Crippen molar-refractivity contribution in [2.45, 2.75) is 104 Å². The number of unbranched alkanes of at least 4 members (excludes halogenated alkanes) is 1. The van der Waals surface area contributed by atoms with Gasteiger partial charge in [-0.1, -0.05) is 58.0 Å². The Balaban J connectivity index is 1.56. The highest BCUT2D eigenvalue weighted by molar-refractivity contribution is 6.00. The van der Waals surface area contributed by atoms with E-state index in [4.69, 9.17) is 19.7 Å². The van der Waals surface area contributed by atoms with E-state index in [1.807, 2.05) is 39.0 Å². The van der Waals surface area contributed by atoms with Crippen LogP contribution in [0, 0.1) is 18.8 Å². The van der Waals surface area contributed by atoms with Crippen molar-refractivity contribution in [3.8, 4) is 0 Å². The van der Waals surface area contributed by atoms with Crippen molar-refractivity contribution >= 4 is 52.9 Å². The molecular weight excluding hydrogens is 857 g/mol. The third-order valence-corrected chi connectivity index (χ3v) is 10.4. The number of aryl methyl sites for hydroxylation is 1. The van der Waals surface area contributed by atoms with Crippen LogP contribution in [-0.4, -0.2) is 124 Å². The van der Waals surface area contributed by atoms with Crippen LogP contribution >= 0.6 is 0 Å². The first-order valence-corrected chi connectivity index (χ1v) is 22.2. The van der Waals surface area contributed by atoms with E-state index in [0.29, 0.717) is 75.5 Å². The average molecular weight is 923 g/mol. The monoisotopic (exact) mass is 922 g/mol. The number of carbonyl (C=O) groups is 7. The lowest BCUT2D eigenvalue weighted by atomic mass is 10.00. The molecule has 1 aliphatic heterocycles. The summed E-state index contributed by atoms with van der Waals surface area (Å²) in [6, 6.07) is 9.21. The topological polar surface area (TPSA) is 281 Å². The molecule has 1 heterocycles. The summed E-state index contributed by atoms with van der Waals surface area (Å²) in [5, 5.41) is 19.5. The summed E-state index contributed by atoms with van der Waals surface area (Å²) in [5.74, 6) is -4.08. The predicted octanol–water partition coefficient (Wildman–Crippen LogP) is 4.06. The zero-order valence-electron chi connectivity index (χ0n) is 38.8. The first-order valence-electron chi connectivity index (χ1n) is 22.2. The molecule has 66 heavy (non-hydrogen) atoms. The van der Waals surface area contributed by atoms with Crippen LogP contribution in [0.1, 0.15) is 77.3 Å². The minimum Gasteiger partial charge on any atom is -0.469 e. The molecule has 0 radical (unpaired) electrons. The van der Waals surface area contributed by atoms with E-state index in [2.05, 4.69) is 46.9 Å². The zero-order valence-corrected chi connectivity index (χ0v) is 38.8. The van der Waals surface area contributed by atoms with E-state index >= 15 is 0 Å². The molecule has 2 aromatic rings. The average Bonchev–Trinajstić information content (AvgIpc) is 3.78. The van der Waals surface area contributed by atoms with Gasteiger partial charge in [0.2, 0.25) is 29.5 Å². The molecule has 7 amide bonds. The SMILES string of the molecule is COC(=O)C[C@H](NC(=O)[C@H](CC(C)C)NC(=O)Cc1ccc(NC(=O)Nc2ccccc2C)cc1)C(=O)N[C@H](C(=O)N1CCC[C@H]1C(=O)NCCCCOCCOCCON=[N+]=[N-])C(C)C. The first-order chi connectivity index (χ1) is 31.6. The number of nitrogens with zero attached hydrogens (tertiary/aromatic N) is 4. The molecule has 0 saturated carbocycles. The van der Waals surface area contributed by atoms with Crippen LogP contribution in [0.2, 0.25) is 0 Å². The number of para-hydroxylation sites is 1. The molecule has 0 bridgehead atoms. The molecule has 362 valence electrons. The van der Waals surface area contributed by atoms with E-state index < -0.39 is 72.1 Å². The van der Waals surface area contributed by atoms with Crippen molar-refractivity contribution in [3.63, 3.8) is 0 Å². The number of hydrogen-bond acceptors (Lipinski definition) is 12. The molecular formula is C45H66N10O11. The van der Waals surface area contributed by atoms with Gasteiger partial charge < -0.3 is 55.8 Å². The fourth-order valence-electron chi connectivity index (χ4n) is 6.96. The lowest BCUT2D eigenvalue weighted by Gasteiger charge is -2.31. The van der Waals surface area contributed by atoms with Crippen LogP contribution < -0.4 is 31.9 Å². The molecule has 0 unspecified atom stereocenters. The van der Waals surface area contributed by atoms with Crippen LogP contribution in [0.4, 0.5) is 16.2 Å². The number of nitrogens with one attached hydrogen (secondary N) is 6. The van der Waals surface area contributed by atoms with Crippen LogP contribution in [0.3, 0.4) is 0 Å². The van der Waals surface area contributed by atoms with Crippen molar-refractivity contribution in [2.75, 3.05) is 63.9 Å². The highest BCUT2D eigenvalue weighted by Crippen LogP contribution is 2.21. The Morgan fingerprint density at radius 3 is 2.18 bits per heavy atom. The summed E-state index contributed by atoms with van der Waals surface area (Å²) in [4.78, 5) is 102. The van der Waals surface area contributed by atoms with Gasteiger partial charge in [-0.2, -0.15) is 0 Å². The number of esters is 1. The number of urea groups is 1. The van der Waals surface area contributed by atoms with Crippen molar-refractivity contribution in [1.29, 1.82) is 0 Å². The van der Waals surface area contributed by atoms with Gasteiger partial charge in [0.25, 0.3) is 0 Å². The van der Waals surface area contributed by atoms with E-state index in [-0.39, 0.29) is 37.9 Å². The maximum Gasteiger partial charge on any atom is 0.323 e. The highest BCUT2D eigenvalue weighted by atomic mass is 16.7. The molecule has 6 N–H and O–H groups in total. The van der Waals surface area contributed by atoms with Gasteiger partial charge in [0, 0.05) is 36.0 Å². The zero-order chi connectivity index (χ0) is 48.4. The minimum atomic E-state index is -1.47. The Labute approximate surface area is 385 Å². The fourth-order valence-corrected chi connectivity index (χ4v) is 6.96. The molecule has 1 aliphatic rings. The Hall–Kier alpha value is -6.44. The Kier molecular flexibility index (Phi) is 23.8. The maximum atomic E-state index is 14.0. The third kappa shape index (κ3) is 19.3. The minimum absolute atomic E-state index is 0.0610. The van der Waals surface area contributed by atoms with Gasteiger partial charge in [0.1, 0.15) is 36.1 Å². The van der Waals surface area contributed by atoms with Crippen molar-refractivity contribution in [3.05, 3.63) is 70.1 Å². The van der Waals surface area contributed by atoms with Gasteiger partial charge in [-0.25, -0.2) is 4.79 Å². The van der Waals surface area contributed by atoms with Crippen LogP contribution in [0.15, 0.2) is 53.8 Å². The lowest BCUT2D eigenvalue weighted by Crippen LogP contribution is -2.59. The van der Waals surface area contributed by atoms with Gasteiger partial charge >= 0.3 is 12.0 Å². The largest absolute Gasteiger partial charge is 0.469 e. The second-order valence-electron chi connectivity index (χ2n) is 16.5. The number of likely N-dealkylation sites (tertiary alicyclic amines) is 1. The van der Waals surface area contributed by atoms with Gasteiger partial charge in [0.15, 0.2) is 0 Å². The number of methoxy groups -OCH3 is 1. The van der Waals surface area contributed by atoms with Crippen LogP contribution in [0.25, 0.3) is 10.4 Å². The van der Waals surface area contributed by atoms with Crippen molar-refractivity contribution in [2.24, 2.45) is 17.1 Å². The molecule has 4 atom stereocenters. The Morgan fingerprint density at radius 2 is 1.52 bits per heavy atom. The summed E-state index contributed by atoms with van der Waals surface area (Å²) in [7, 11) is 1.14. The summed E-state index contributed by atoms with van der Waals surface area (Å²) in [6.45, 7) is 11.3. The number of carbonyl (C=O) groups excluding carboxylic acids is 7. The van der Waals surface area contributed by atoms with Crippen LogP contribution in [0.5, 0.6) is 0 Å². The quantitative estimate of drug-likeness (QED) is 0.0177. The smallest absolute Gasteiger partial charge is 0.323 e. The molecule has 0 aliphatic carbocycles. The lowest BCUT2D eigenvalue weighted by molar-refractivity contribution is -0.145. The summed E-state index contributed by atoms with van der Waals surface area (Å²) in [6.07, 6.45) is 1.89. The number of rotatable bonds is 28. The normalized spacial score (nSPS) is 14.5. The number of hydrogen-bond donors (Lipinski definition) is 6. The molecule has 3 rings (SSSR count). The molecule has 0 aromatic heterocycles. The van der Waals surface area contributed by atoms with Gasteiger partial charge in [-0.05, 0) is 85.7 Å². The standard InChI is InChI=1S/C45H66N10O11/c1-29(2)26-35(49-38(56)27-32-15-17-33(18-16-32)48-45(62)51-34-13-8-7-12-31(34)5)41(58)50-36(28-39(57)63-6)42(59)52-40(30(3)4)44(61)55-20-11-14-37(55)43(60)47-19-9-10-21-64-22-23-65-24-25-66-54-53-46/h7-8,12-13,15-18,29-30,35-37,40H,9-11,14,19-28H2,1-6H3,(H,47,60)(H,49,56)(H,50,58)(H,52,59)(H2,48,51,62)/t35-,36-,37-,40-/m0/s1. The van der Waals surface area contributed by atoms with Gasteiger partial charge in [-0.3, -0.25) is 28.8 Å². The molecule has 21 nitrogen and oxygen atoms in total. The third-order valence-electron chi connectivity index (χ3n) is 10.4.